The highest BCUT2D eigenvalue weighted by Gasteiger charge is 2.29. The predicted octanol–water partition coefficient (Wildman–Crippen LogP) is 4.43. The molecule has 0 radical (unpaired) electrons. The van der Waals surface area contributed by atoms with Gasteiger partial charge in [0.15, 0.2) is 0 Å². The number of hydrogen-bond acceptors (Lipinski definition) is 2. The highest BCUT2D eigenvalue weighted by Crippen LogP contribution is 2.23. The average Bonchev–Trinajstić information content (AvgIpc) is 2.43. The first-order valence-corrected chi connectivity index (χ1v) is 8.49. The summed E-state index contributed by atoms with van der Waals surface area (Å²) >= 11 is 0. The Kier molecular flexibility index (Phi) is 10.6. The molecule has 0 amide bonds. The van der Waals surface area contributed by atoms with Gasteiger partial charge in [-0.05, 0) is 25.8 Å². The molecule has 0 aliphatic heterocycles. The van der Waals surface area contributed by atoms with E-state index < -0.39 is 0 Å². The normalized spacial score (nSPS) is 16.6. The van der Waals surface area contributed by atoms with Crippen molar-refractivity contribution in [2.45, 2.75) is 85.1 Å². The Labute approximate surface area is 122 Å². The molecule has 2 unspecified atom stereocenters. The molecule has 0 fully saturated rings. The Balaban J connectivity index is 4.28. The van der Waals surface area contributed by atoms with Crippen molar-refractivity contribution in [1.82, 2.24) is 4.90 Å². The van der Waals surface area contributed by atoms with Crippen LogP contribution in [0.15, 0.2) is 0 Å². The fraction of sp³-hybridized carbons (Fsp3) is 1.00. The molecule has 116 valence electrons. The molecule has 0 aliphatic carbocycles. The van der Waals surface area contributed by atoms with Crippen molar-refractivity contribution in [3.05, 3.63) is 0 Å². The van der Waals surface area contributed by atoms with Crippen molar-refractivity contribution in [2.24, 2.45) is 11.7 Å². The third kappa shape index (κ3) is 7.31. The van der Waals surface area contributed by atoms with Crippen LogP contribution in [0.1, 0.15) is 79.6 Å². The van der Waals surface area contributed by atoms with E-state index in [2.05, 4.69) is 39.5 Å². The molecule has 0 aromatic rings. The van der Waals surface area contributed by atoms with Crippen molar-refractivity contribution in [3.63, 3.8) is 0 Å². The van der Waals surface area contributed by atoms with Crippen molar-refractivity contribution < 1.29 is 0 Å². The van der Waals surface area contributed by atoms with Gasteiger partial charge >= 0.3 is 0 Å². The molecule has 0 saturated heterocycles. The molecule has 0 saturated carbocycles. The SMILES string of the molecule is CCCCCCCC(C)(CN)N(CC)CC(C)CC. The van der Waals surface area contributed by atoms with Crippen molar-refractivity contribution in [2.75, 3.05) is 19.6 Å². The zero-order valence-electron chi connectivity index (χ0n) is 14.2. The smallest absolute Gasteiger partial charge is 0.0303 e. The summed E-state index contributed by atoms with van der Waals surface area (Å²) in [6.07, 6.45) is 9.28. The van der Waals surface area contributed by atoms with Crippen LogP contribution in [0.2, 0.25) is 0 Å². The third-order valence-electron chi connectivity index (χ3n) is 4.63. The summed E-state index contributed by atoms with van der Waals surface area (Å²) in [6, 6.07) is 0. The molecule has 19 heavy (non-hydrogen) atoms. The van der Waals surface area contributed by atoms with Gasteiger partial charge in [-0.3, -0.25) is 4.90 Å². The molecule has 2 nitrogen and oxygen atoms in total. The second-order valence-electron chi connectivity index (χ2n) is 6.42. The zero-order valence-corrected chi connectivity index (χ0v) is 14.2. The third-order valence-corrected chi connectivity index (χ3v) is 4.63. The minimum atomic E-state index is 0.199. The second kappa shape index (κ2) is 10.7. The lowest BCUT2D eigenvalue weighted by atomic mass is 9.90. The highest BCUT2D eigenvalue weighted by molar-refractivity contribution is 4.87. The van der Waals surface area contributed by atoms with E-state index in [1.807, 2.05) is 0 Å². The monoisotopic (exact) mass is 270 g/mol. The summed E-state index contributed by atoms with van der Waals surface area (Å²) in [5.41, 5.74) is 6.30. The molecular weight excluding hydrogens is 232 g/mol. The molecule has 0 heterocycles. The maximum Gasteiger partial charge on any atom is 0.0303 e. The molecular formula is C17H38N2. The molecule has 2 heteroatoms. The van der Waals surface area contributed by atoms with Crippen LogP contribution in [0.3, 0.4) is 0 Å². The van der Waals surface area contributed by atoms with Gasteiger partial charge in [-0.2, -0.15) is 0 Å². The van der Waals surface area contributed by atoms with Crippen LogP contribution in [-0.4, -0.2) is 30.1 Å². The fourth-order valence-corrected chi connectivity index (χ4v) is 2.74. The van der Waals surface area contributed by atoms with Gasteiger partial charge in [-0.1, -0.05) is 66.2 Å². The first kappa shape index (κ1) is 18.9. The van der Waals surface area contributed by atoms with Gasteiger partial charge in [0, 0.05) is 18.6 Å². The first-order chi connectivity index (χ1) is 9.03. The van der Waals surface area contributed by atoms with E-state index in [4.69, 9.17) is 5.73 Å². The summed E-state index contributed by atoms with van der Waals surface area (Å²) in [7, 11) is 0. The van der Waals surface area contributed by atoms with E-state index >= 15 is 0 Å². The van der Waals surface area contributed by atoms with Crippen LogP contribution in [0, 0.1) is 5.92 Å². The minimum Gasteiger partial charge on any atom is -0.329 e. The number of hydrogen-bond donors (Lipinski definition) is 1. The van der Waals surface area contributed by atoms with Crippen LogP contribution in [-0.2, 0) is 0 Å². The van der Waals surface area contributed by atoms with Gasteiger partial charge in [-0.15, -0.1) is 0 Å². The summed E-state index contributed by atoms with van der Waals surface area (Å²) < 4.78 is 0. The van der Waals surface area contributed by atoms with Gasteiger partial charge in [0.05, 0.1) is 0 Å². The molecule has 0 bridgehead atoms. The van der Waals surface area contributed by atoms with E-state index in [0.717, 1.165) is 19.0 Å². The molecule has 0 spiro atoms. The average molecular weight is 271 g/mol. The largest absolute Gasteiger partial charge is 0.329 e. The molecule has 0 aliphatic rings. The summed E-state index contributed by atoms with van der Waals surface area (Å²) in [5, 5.41) is 0. The number of unbranched alkanes of at least 4 members (excludes halogenated alkanes) is 4. The van der Waals surface area contributed by atoms with Gasteiger partial charge in [0.25, 0.3) is 0 Å². The lowest BCUT2D eigenvalue weighted by molar-refractivity contribution is 0.0875. The Morgan fingerprint density at radius 3 is 2.16 bits per heavy atom. The maximum absolute atomic E-state index is 6.10. The van der Waals surface area contributed by atoms with Crippen LogP contribution >= 0.6 is 0 Å². The Hall–Kier alpha value is -0.0800. The lowest BCUT2D eigenvalue weighted by Gasteiger charge is -2.41. The first-order valence-electron chi connectivity index (χ1n) is 8.49. The van der Waals surface area contributed by atoms with Crippen LogP contribution in [0.5, 0.6) is 0 Å². The van der Waals surface area contributed by atoms with E-state index in [9.17, 15) is 0 Å². The van der Waals surface area contributed by atoms with Crippen molar-refractivity contribution >= 4 is 0 Å². The van der Waals surface area contributed by atoms with E-state index in [1.165, 1.54) is 51.5 Å². The van der Waals surface area contributed by atoms with Crippen molar-refractivity contribution in [1.29, 1.82) is 0 Å². The van der Waals surface area contributed by atoms with E-state index in [-0.39, 0.29) is 5.54 Å². The summed E-state index contributed by atoms with van der Waals surface area (Å²) in [5.74, 6) is 0.769. The Bertz CT molecular complexity index is 205. The summed E-state index contributed by atoms with van der Waals surface area (Å²) in [4.78, 5) is 2.61. The number of nitrogens with two attached hydrogens (primary N) is 1. The van der Waals surface area contributed by atoms with Gasteiger partial charge in [0.2, 0.25) is 0 Å². The number of likely N-dealkylation sites (N-methyl/N-ethyl adjacent to an activating group) is 1. The maximum atomic E-state index is 6.10. The molecule has 0 rings (SSSR count). The number of rotatable bonds is 12. The van der Waals surface area contributed by atoms with Crippen molar-refractivity contribution in [3.8, 4) is 0 Å². The lowest BCUT2D eigenvalue weighted by Crippen LogP contribution is -2.52. The molecule has 2 N–H and O–H groups in total. The topological polar surface area (TPSA) is 29.3 Å². The Morgan fingerprint density at radius 2 is 1.68 bits per heavy atom. The fourth-order valence-electron chi connectivity index (χ4n) is 2.74. The highest BCUT2D eigenvalue weighted by atomic mass is 15.2. The second-order valence-corrected chi connectivity index (χ2v) is 6.42. The van der Waals surface area contributed by atoms with Gasteiger partial charge < -0.3 is 5.73 Å². The van der Waals surface area contributed by atoms with Gasteiger partial charge in [0.1, 0.15) is 0 Å². The predicted molar refractivity (Wildman–Crippen MR) is 87.5 cm³/mol. The quantitative estimate of drug-likeness (QED) is 0.531. The molecule has 0 aromatic heterocycles. The molecule has 2 atom stereocenters. The van der Waals surface area contributed by atoms with Crippen LogP contribution < -0.4 is 5.73 Å². The van der Waals surface area contributed by atoms with E-state index in [0.29, 0.717) is 0 Å². The van der Waals surface area contributed by atoms with Gasteiger partial charge in [-0.25, -0.2) is 0 Å². The van der Waals surface area contributed by atoms with Crippen LogP contribution in [0.25, 0.3) is 0 Å². The standard InChI is InChI=1S/C17H38N2/c1-6-9-10-11-12-13-17(5,15-18)19(8-3)14-16(4)7-2/h16H,6-15,18H2,1-5H3. The summed E-state index contributed by atoms with van der Waals surface area (Å²) in [6.45, 7) is 14.6. The zero-order chi connectivity index (χ0) is 14.7. The minimum absolute atomic E-state index is 0.199. The van der Waals surface area contributed by atoms with Crippen LogP contribution in [0.4, 0.5) is 0 Å². The molecule has 0 aromatic carbocycles. The Morgan fingerprint density at radius 1 is 1.05 bits per heavy atom. The number of nitrogens with zero attached hydrogens (tertiary/aromatic N) is 1. The van der Waals surface area contributed by atoms with E-state index in [1.54, 1.807) is 0 Å².